The van der Waals surface area contributed by atoms with Gasteiger partial charge in [-0.1, -0.05) is 43.3 Å². The molecule has 6 nitrogen and oxygen atoms in total. The lowest BCUT2D eigenvalue weighted by atomic mass is 9.96. The summed E-state index contributed by atoms with van der Waals surface area (Å²) in [6.07, 6.45) is 4.99. The van der Waals surface area contributed by atoms with Crippen LogP contribution in [0.25, 0.3) is 17.0 Å². The van der Waals surface area contributed by atoms with Crippen LogP contribution >= 0.6 is 0 Å². The van der Waals surface area contributed by atoms with Crippen molar-refractivity contribution in [3.63, 3.8) is 0 Å². The van der Waals surface area contributed by atoms with Crippen molar-refractivity contribution in [2.24, 2.45) is 0 Å². The van der Waals surface area contributed by atoms with Gasteiger partial charge in [0.1, 0.15) is 23.2 Å². The summed E-state index contributed by atoms with van der Waals surface area (Å²) < 4.78 is 2.01. The second kappa shape index (κ2) is 8.19. The molecule has 1 aliphatic rings. The zero-order valence-electron chi connectivity index (χ0n) is 17.6. The molecule has 2 heterocycles. The Morgan fingerprint density at radius 1 is 1.00 bits per heavy atom. The maximum atomic E-state index is 9.52. The summed E-state index contributed by atoms with van der Waals surface area (Å²) in [5, 5.41) is 13.1. The highest BCUT2D eigenvalue weighted by atomic mass is 15.2. The molecule has 0 aliphatic heterocycles. The van der Waals surface area contributed by atoms with Crippen molar-refractivity contribution >= 4 is 16.9 Å². The van der Waals surface area contributed by atoms with E-state index in [0.29, 0.717) is 23.6 Å². The molecule has 6 heteroatoms. The normalized spacial score (nSPS) is 13.0. The average molecular weight is 409 g/mol. The highest BCUT2D eigenvalue weighted by Gasteiger charge is 2.21. The van der Waals surface area contributed by atoms with Crippen LogP contribution in [-0.4, -0.2) is 19.5 Å². The zero-order chi connectivity index (χ0) is 21.2. The third-order valence-electron chi connectivity index (χ3n) is 5.87. The number of aryl methyl sites for hydroxylation is 2. The first kappa shape index (κ1) is 19.3. The van der Waals surface area contributed by atoms with Crippen molar-refractivity contribution in [3.8, 4) is 12.0 Å². The fourth-order valence-electron chi connectivity index (χ4n) is 4.31. The van der Waals surface area contributed by atoms with Gasteiger partial charge in [-0.2, -0.15) is 10.2 Å². The molecule has 0 saturated heterocycles. The van der Waals surface area contributed by atoms with Crippen molar-refractivity contribution in [2.75, 3.05) is 5.32 Å². The molecular formula is C25H24N6. The number of anilines is 1. The second-order valence-electron chi connectivity index (χ2n) is 7.85. The summed E-state index contributed by atoms with van der Waals surface area (Å²) in [5.74, 6) is 2.40. The maximum absolute atomic E-state index is 9.52. The SMILES string of the molecule is CCc1nc2c(C#N)cccc2n1-c1nc2c(c(NCc3ccccc3)n1)CCCC2. The number of nitrogens with one attached hydrogen (secondary N) is 1. The quantitative estimate of drug-likeness (QED) is 0.516. The molecule has 0 fully saturated rings. The molecule has 0 bridgehead atoms. The molecule has 0 amide bonds. The van der Waals surface area contributed by atoms with Crippen LogP contribution in [0.3, 0.4) is 0 Å². The van der Waals surface area contributed by atoms with Crippen LogP contribution in [0.1, 0.15) is 48.0 Å². The van der Waals surface area contributed by atoms with Gasteiger partial charge in [0.05, 0.1) is 16.8 Å². The van der Waals surface area contributed by atoms with Crippen LogP contribution in [0.15, 0.2) is 48.5 Å². The van der Waals surface area contributed by atoms with Gasteiger partial charge >= 0.3 is 0 Å². The fourth-order valence-corrected chi connectivity index (χ4v) is 4.31. The van der Waals surface area contributed by atoms with E-state index in [-0.39, 0.29) is 0 Å². The van der Waals surface area contributed by atoms with Crippen molar-refractivity contribution in [1.82, 2.24) is 19.5 Å². The van der Waals surface area contributed by atoms with Gasteiger partial charge in [0.25, 0.3) is 0 Å². The van der Waals surface area contributed by atoms with Crippen LogP contribution in [0.2, 0.25) is 0 Å². The fraction of sp³-hybridized carbons (Fsp3) is 0.280. The number of aromatic nitrogens is 4. The molecule has 31 heavy (non-hydrogen) atoms. The molecule has 4 aromatic rings. The number of imidazole rings is 1. The molecule has 0 unspecified atom stereocenters. The minimum absolute atomic E-state index is 0.575. The van der Waals surface area contributed by atoms with Gasteiger partial charge in [-0.05, 0) is 43.4 Å². The standard InChI is InChI=1S/C25H24N6/c1-2-22-29-23-18(15-26)11-8-14-21(23)31(22)25-28-20-13-7-6-12-19(20)24(30-25)27-16-17-9-4-3-5-10-17/h3-5,8-11,14H,2,6-7,12-13,16H2,1H3,(H,27,28,30). The van der Waals surface area contributed by atoms with E-state index in [4.69, 9.17) is 15.0 Å². The Morgan fingerprint density at radius 3 is 2.65 bits per heavy atom. The number of rotatable bonds is 5. The van der Waals surface area contributed by atoms with Crippen molar-refractivity contribution < 1.29 is 0 Å². The monoisotopic (exact) mass is 408 g/mol. The van der Waals surface area contributed by atoms with Crippen molar-refractivity contribution in [2.45, 2.75) is 45.6 Å². The number of hydrogen-bond acceptors (Lipinski definition) is 5. The lowest BCUT2D eigenvalue weighted by Crippen LogP contribution is -2.16. The molecule has 0 saturated carbocycles. The number of para-hydroxylation sites is 1. The first-order valence-corrected chi connectivity index (χ1v) is 10.9. The van der Waals surface area contributed by atoms with Crippen LogP contribution in [-0.2, 0) is 25.8 Å². The molecule has 0 atom stereocenters. The van der Waals surface area contributed by atoms with Crippen LogP contribution in [0, 0.1) is 11.3 Å². The Bertz CT molecular complexity index is 1280. The maximum Gasteiger partial charge on any atom is 0.237 e. The van der Waals surface area contributed by atoms with E-state index >= 15 is 0 Å². The first-order chi connectivity index (χ1) is 15.3. The Kier molecular flexibility index (Phi) is 5.09. The summed E-state index contributed by atoms with van der Waals surface area (Å²) in [4.78, 5) is 14.7. The van der Waals surface area contributed by atoms with Gasteiger partial charge < -0.3 is 5.32 Å². The average Bonchev–Trinajstić information content (AvgIpc) is 3.22. The van der Waals surface area contributed by atoms with Crippen molar-refractivity contribution in [3.05, 3.63) is 76.7 Å². The van der Waals surface area contributed by atoms with Crippen LogP contribution in [0.5, 0.6) is 0 Å². The molecule has 154 valence electrons. The van der Waals surface area contributed by atoms with E-state index in [1.807, 2.05) is 22.8 Å². The number of benzene rings is 2. The molecule has 5 rings (SSSR count). The van der Waals surface area contributed by atoms with Gasteiger partial charge in [0.2, 0.25) is 5.95 Å². The van der Waals surface area contributed by atoms with E-state index in [2.05, 4.69) is 42.6 Å². The molecule has 1 aliphatic carbocycles. The van der Waals surface area contributed by atoms with E-state index in [1.165, 1.54) is 11.1 Å². The summed E-state index contributed by atoms with van der Waals surface area (Å²) in [6.45, 7) is 2.78. The highest BCUT2D eigenvalue weighted by Crippen LogP contribution is 2.29. The third-order valence-corrected chi connectivity index (χ3v) is 5.87. The summed E-state index contributed by atoms with van der Waals surface area (Å²) >= 11 is 0. The molecular weight excluding hydrogens is 384 g/mol. The number of nitrogens with zero attached hydrogens (tertiary/aromatic N) is 5. The molecule has 0 spiro atoms. The van der Waals surface area contributed by atoms with Crippen molar-refractivity contribution in [1.29, 1.82) is 5.26 Å². The van der Waals surface area contributed by atoms with Gasteiger partial charge in [-0.25, -0.2) is 9.97 Å². The Balaban J connectivity index is 1.64. The van der Waals surface area contributed by atoms with Gasteiger partial charge in [0, 0.05) is 18.5 Å². The zero-order valence-corrected chi connectivity index (χ0v) is 17.6. The smallest absolute Gasteiger partial charge is 0.237 e. The third kappa shape index (κ3) is 3.53. The minimum Gasteiger partial charge on any atom is -0.366 e. The van der Waals surface area contributed by atoms with Gasteiger partial charge in [0.15, 0.2) is 0 Å². The summed E-state index contributed by atoms with van der Waals surface area (Å²) in [5.41, 5.74) is 5.72. The minimum atomic E-state index is 0.575. The van der Waals surface area contributed by atoms with E-state index in [9.17, 15) is 5.26 Å². The Morgan fingerprint density at radius 2 is 1.84 bits per heavy atom. The summed E-state index contributed by atoms with van der Waals surface area (Å²) in [6, 6.07) is 18.3. The predicted molar refractivity (Wildman–Crippen MR) is 121 cm³/mol. The second-order valence-corrected chi connectivity index (χ2v) is 7.85. The Hall–Kier alpha value is -3.72. The van der Waals surface area contributed by atoms with Gasteiger partial charge in [-0.15, -0.1) is 0 Å². The molecule has 2 aromatic heterocycles. The summed E-state index contributed by atoms with van der Waals surface area (Å²) in [7, 11) is 0. The van der Waals surface area contributed by atoms with E-state index < -0.39 is 0 Å². The largest absolute Gasteiger partial charge is 0.366 e. The number of fused-ring (bicyclic) bond motifs is 2. The molecule has 1 N–H and O–H groups in total. The lowest BCUT2D eigenvalue weighted by Gasteiger charge is -2.20. The predicted octanol–water partition coefficient (Wildman–Crippen LogP) is 4.74. The lowest BCUT2D eigenvalue weighted by molar-refractivity contribution is 0.657. The number of hydrogen-bond donors (Lipinski definition) is 1. The number of nitriles is 1. The van der Waals surface area contributed by atoms with Gasteiger partial charge in [-0.3, -0.25) is 4.57 Å². The molecule has 2 aromatic carbocycles. The van der Waals surface area contributed by atoms with Crippen LogP contribution in [0.4, 0.5) is 5.82 Å². The molecule has 0 radical (unpaired) electrons. The van der Waals surface area contributed by atoms with E-state index in [0.717, 1.165) is 55.0 Å². The Labute approximate surface area is 181 Å². The van der Waals surface area contributed by atoms with Crippen LogP contribution < -0.4 is 5.32 Å². The first-order valence-electron chi connectivity index (χ1n) is 10.9. The highest BCUT2D eigenvalue weighted by molar-refractivity contribution is 5.83. The topological polar surface area (TPSA) is 79.4 Å². The van der Waals surface area contributed by atoms with E-state index in [1.54, 1.807) is 6.07 Å².